The Morgan fingerprint density at radius 3 is 1.98 bits per heavy atom. The van der Waals surface area contributed by atoms with Gasteiger partial charge in [-0.1, -0.05) is 65.3 Å². The zero-order valence-corrected chi connectivity index (χ0v) is 29.9. The predicted molar refractivity (Wildman–Crippen MR) is 196 cm³/mol. The number of hydrogen-bond donors (Lipinski definition) is 1. The maximum atomic E-state index is 12.0. The first-order valence-electron chi connectivity index (χ1n) is 17.1. The molecule has 0 aliphatic heterocycles. The summed E-state index contributed by atoms with van der Waals surface area (Å²) in [5, 5.41) is 0. The third kappa shape index (κ3) is 6.12. The van der Waals surface area contributed by atoms with Crippen LogP contribution in [-0.2, 0) is 4.74 Å². The van der Waals surface area contributed by atoms with E-state index in [1.54, 1.807) is 6.08 Å². The summed E-state index contributed by atoms with van der Waals surface area (Å²) in [6, 6.07) is 8.11. The van der Waals surface area contributed by atoms with Crippen molar-refractivity contribution < 1.29 is 9.53 Å². The lowest BCUT2D eigenvalue weighted by atomic mass is 9.33. The van der Waals surface area contributed by atoms with E-state index in [-0.39, 0.29) is 16.9 Å². The Bertz CT molecular complexity index is 1280. The highest BCUT2D eigenvalue weighted by Crippen LogP contribution is 2.75. The Morgan fingerprint density at radius 2 is 1.41 bits per heavy atom. The second kappa shape index (κ2) is 15.1. The highest BCUT2D eigenvalue weighted by Gasteiger charge is 2.69. The standard InChI is InChI=1S/C34H49NO2.C3H6.3C2H2/c1-30(2)24(22-9-11-23(12-10-22)29(36)37-6)15-18-31(3)27(30)16-19-33(5)28(31)14-13-25-26-8-7-17-34(26,35)21-20-32(25,33)4;1-3-2;3*1-2/h9-12,15,25-28H,7-8,13-14,16-21,35H2,1-6H3;3H,1H2,2H3;3*1-2H/t25-,26?,27?,28?,31+,32-,33-,34+;;;;/m1..../s1. The van der Waals surface area contributed by atoms with Gasteiger partial charge in [0.05, 0.1) is 12.7 Å². The maximum absolute atomic E-state index is 12.0. The van der Waals surface area contributed by atoms with Crippen molar-refractivity contribution in [3.8, 4) is 38.5 Å². The van der Waals surface area contributed by atoms with Gasteiger partial charge in [0.1, 0.15) is 0 Å². The monoisotopic (exact) mass is 623 g/mol. The van der Waals surface area contributed by atoms with Gasteiger partial charge in [0.15, 0.2) is 0 Å². The molecule has 0 radical (unpaired) electrons. The zero-order chi connectivity index (χ0) is 35.1. The van der Waals surface area contributed by atoms with Crippen LogP contribution in [-0.4, -0.2) is 18.6 Å². The molecule has 4 fully saturated rings. The van der Waals surface area contributed by atoms with E-state index in [0.29, 0.717) is 27.7 Å². The van der Waals surface area contributed by atoms with Crippen molar-refractivity contribution in [2.75, 3.05) is 7.11 Å². The van der Waals surface area contributed by atoms with Crippen LogP contribution in [0.25, 0.3) is 5.57 Å². The minimum absolute atomic E-state index is 0.100. The molecule has 0 saturated heterocycles. The summed E-state index contributed by atoms with van der Waals surface area (Å²) in [5.41, 5.74) is 11.8. The van der Waals surface area contributed by atoms with Crippen LogP contribution < -0.4 is 5.73 Å². The lowest BCUT2D eigenvalue weighted by molar-refractivity contribution is -0.215. The van der Waals surface area contributed by atoms with Crippen molar-refractivity contribution in [1.29, 1.82) is 0 Å². The largest absolute Gasteiger partial charge is 0.465 e. The SMILES string of the molecule is C#C.C#C.C#C.C=CC.COC(=O)c1ccc(C2=CC[C@@]3(C)C(CC[C@]4(C)C3CC[C@@H]3C5CCC[C@]5(N)CC[C@]34C)C2(C)C)cc1. The van der Waals surface area contributed by atoms with Crippen LogP contribution in [0.1, 0.15) is 122 Å². The Balaban J connectivity index is 0.000000749. The van der Waals surface area contributed by atoms with E-state index in [0.717, 1.165) is 17.8 Å². The fraction of sp³-hybridized carbons (Fsp3) is 0.605. The van der Waals surface area contributed by atoms with Crippen molar-refractivity contribution in [2.24, 2.45) is 51.1 Å². The van der Waals surface area contributed by atoms with Crippen LogP contribution in [0.2, 0.25) is 0 Å². The molecule has 3 unspecified atom stereocenters. The van der Waals surface area contributed by atoms with Gasteiger partial charge in [0.2, 0.25) is 0 Å². The van der Waals surface area contributed by atoms with Crippen LogP contribution in [0.4, 0.5) is 0 Å². The molecule has 6 rings (SSSR count). The van der Waals surface area contributed by atoms with Crippen molar-refractivity contribution in [2.45, 2.75) is 111 Å². The van der Waals surface area contributed by atoms with Crippen LogP contribution in [0, 0.1) is 83.9 Å². The second-order valence-corrected chi connectivity index (χ2v) is 15.4. The average Bonchev–Trinajstić information content (AvgIpc) is 3.46. The first-order valence-corrected chi connectivity index (χ1v) is 17.1. The Morgan fingerprint density at radius 1 is 0.826 bits per heavy atom. The molecule has 0 amide bonds. The summed E-state index contributed by atoms with van der Waals surface area (Å²) in [4.78, 5) is 12.0. The number of carbonyl (C=O) groups excluding carboxylic acids is 1. The predicted octanol–water partition coefficient (Wildman–Crippen LogP) is 9.97. The van der Waals surface area contributed by atoms with Gasteiger partial charge >= 0.3 is 5.97 Å². The quantitative estimate of drug-likeness (QED) is 0.203. The summed E-state index contributed by atoms with van der Waals surface area (Å²) in [7, 11) is 1.45. The van der Waals surface area contributed by atoms with Gasteiger partial charge in [-0.25, -0.2) is 4.79 Å². The highest BCUT2D eigenvalue weighted by atomic mass is 16.5. The summed E-state index contributed by atoms with van der Waals surface area (Å²) in [5.74, 6) is 2.73. The molecule has 46 heavy (non-hydrogen) atoms. The molecule has 1 aromatic carbocycles. The molecule has 4 saturated carbocycles. The van der Waals surface area contributed by atoms with E-state index in [4.69, 9.17) is 10.5 Å². The molecular formula is C43H61NO2. The van der Waals surface area contributed by atoms with Gasteiger partial charge in [0.25, 0.3) is 0 Å². The van der Waals surface area contributed by atoms with Gasteiger partial charge in [-0.05, 0) is 133 Å². The van der Waals surface area contributed by atoms with Crippen LogP contribution in [0.3, 0.4) is 0 Å². The number of allylic oxidation sites excluding steroid dienone is 3. The second-order valence-electron chi connectivity index (χ2n) is 15.4. The van der Waals surface area contributed by atoms with Crippen LogP contribution >= 0.6 is 0 Å². The number of nitrogens with two attached hydrogens (primary N) is 1. The molecule has 3 heteroatoms. The maximum Gasteiger partial charge on any atom is 0.337 e. The van der Waals surface area contributed by atoms with Crippen LogP contribution in [0.5, 0.6) is 0 Å². The van der Waals surface area contributed by atoms with Gasteiger partial charge in [-0.3, -0.25) is 0 Å². The summed E-state index contributed by atoms with van der Waals surface area (Å²) >= 11 is 0. The van der Waals surface area contributed by atoms with Crippen LogP contribution in [0.15, 0.2) is 43.0 Å². The third-order valence-electron chi connectivity index (χ3n) is 13.6. The van der Waals surface area contributed by atoms with Gasteiger partial charge in [-0.2, -0.15) is 0 Å². The number of ether oxygens (including phenoxy) is 1. The third-order valence-corrected chi connectivity index (χ3v) is 13.6. The minimum Gasteiger partial charge on any atom is -0.465 e. The van der Waals surface area contributed by atoms with Gasteiger partial charge in [0, 0.05) is 5.54 Å². The lowest BCUT2D eigenvalue weighted by Crippen LogP contribution is -2.66. The molecule has 5 aliphatic rings. The molecular weight excluding hydrogens is 562 g/mol. The fourth-order valence-electron chi connectivity index (χ4n) is 11.6. The zero-order valence-electron chi connectivity index (χ0n) is 29.9. The Kier molecular flexibility index (Phi) is 12.8. The Labute approximate surface area is 282 Å². The number of hydrogen-bond acceptors (Lipinski definition) is 3. The highest BCUT2D eigenvalue weighted by molar-refractivity contribution is 5.89. The molecule has 1 aromatic rings. The van der Waals surface area contributed by atoms with Crippen molar-refractivity contribution in [1.82, 2.24) is 0 Å². The smallest absolute Gasteiger partial charge is 0.337 e. The molecule has 2 N–H and O–H groups in total. The lowest BCUT2D eigenvalue weighted by Gasteiger charge is -2.72. The molecule has 5 aliphatic carbocycles. The van der Waals surface area contributed by atoms with E-state index in [2.05, 4.69) is 97.9 Å². The number of fused-ring (bicyclic) bond motifs is 7. The number of esters is 1. The number of carbonyl (C=O) groups is 1. The first-order chi connectivity index (χ1) is 21.8. The minimum atomic E-state index is -0.265. The summed E-state index contributed by atoms with van der Waals surface area (Å²) in [6.07, 6.45) is 41.5. The number of rotatable bonds is 2. The molecule has 250 valence electrons. The number of benzene rings is 1. The molecule has 8 atom stereocenters. The molecule has 3 nitrogen and oxygen atoms in total. The molecule has 0 bridgehead atoms. The van der Waals surface area contributed by atoms with Crippen molar-refractivity contribution >= 4 is 11.5 Å². The summed E-state index contributed by atoms with van der Waals surface area (Å²) < 4.78 is 4.92. The average molecular weight is 624 g/mol. The van der Waals surface area contributed by atoms with Crippen molar-refractivity contribution in [3.05, 3.63) is 54.1 Å². The van der Waals surface area contributed by atoms with Crippen molar-refractivity contribution in [3.63, 3.8) is 0 Å². The first kappa shape index (κ1) is 39.0. The molecule has 0 spiro atoms. The van der Waals surface area contributed by atoms with E-state index >= 15 is 0 Å². The normalized spacial score (nSPS) is 37.5. The fourth-order valence-corrected chi connectivity index (χ4v) is 11.6. The van der Waals surface area contributed by atoms with E-state index in [1.165, 1.54) is 82.5 Å². The van der Waals surface area contributed by atoms with E-state index < -0.39 is 0 Å². The van der Waals surface area contributed by atoms with E-state index in [9.17, 15) is 4.79 Å². The summed E-state index contributed by atoms with van der Waals surface area (Å²) in [6.45, 7) is 18.3. The number of terminal acetylenes is 3. The molecule has 0 heterocycles. The molecule has 0 aromatic heterocycles. The Hall–Kier alpha value is -3.19. The van der Waals surface area contributed by atoms with Gasteiger partial charge < -0.3 is 10.5 Å². The topological polar surface area (TPSA) is 52.3 Å². The van der Waals surface area contributed by atoms with E-state index in [1.807, 2.05) is 19.1 Å². The van der Waals surface area contributed by atoms with Gasteiger partial charge in [-0.15, -0.1) is 45.1 Å². The number of methoxy groups -OCH3 is 1.